The van der Waals surface area contributed by atoms with E-state index in [1.54, 1.807) is 29.2 Å². The summed E-state index contributed by atoms with van der Waals surface area (Å²) in [6.45, 7) is 2.85. The Balaban J connectivity index is 1.71. The van der Waals surface area contributed by atoms with Gasteiger partial charge in [-0.05, 0) is 76.0 Å². The molecular formula is C20H18BrFN2O2S. The second-order valence-corrected chi connectivity index (χ2v) is 7.29. The van der Waals surface area contributed by atoms with Gasteiger partial charge in [0, 0.05) is 6.54 Å². The van der Waals surface area contributed by atoms with Gasteiger partial charge in [0.05, 0.1) is 4.47 Å². The van der Waals surface area contributed by atoms with Crippen molar-refractivity contribution in [2.45, 2.75) is 20.0 Å². The average molecular weight is 449 g/mol. The number of amides is 1. The number of carbonyl (C=O) groups excluding carboxylic acids is 1. The van der Waals surface area contributed by atoms with Gasteiger partial charge in [-0.25, -0.2) is 4.39 Å². The van der Waals surface area contributed by atoms with Gasteiger partial charge in [-0.15, -0.1) is 0 Å². The summed E-state index contributed by atoms with van der Waals surface area (Å²) in [4.78, 5) is 14.0. The maximum Gasteiger partial charge on any atom is 0.276 e. The Morgan fingerprint density at radius 3 is 2.81 bits per heavy atom. The van der Waals surface area contributed by atoms with E-state index in [9.17, 15) is 9.18 Å². The Labute approximate surface area is 171 Å². The zero-order valence-electron chi connectivity index (χ0n) is 14.7. The van der Waals surface area contributed by atoms with Crippen molar-refractivity contribution in [3.63, 3.8) is 0 Å². The number of halogens is 2. The molecule has 0 aliphatic carbocycles. The predicted octanol–water partition coefficient (Wildman–Crippen LogP) is 4.63. The average Bonchev–Trinajstić information content (AvgIpc) is 2.89. The van der Waals surface area contributed by atoms with Crippen LogP contribution in [0.15, 0.2) is 52.6 Å². The van der Waals surface area contributed by atoms with E-state index in [4.69, 9.17) is 17.0 Å². The summed E-state index contributed by atoms with van der Waals surface area (Å²) in [6, 6.07) is 11.8. The molecule has 0 aromatic heterocycles. The maximum atomic E-state index is 13.2. The van der Waals surface area contributed by atoms with Crippen LogP contribution < -0.4 is 10.1 Å². The molecule has 1 N–H and O–H groups in total. The molecule has 1 aliphatic heterocycles. The van der Waals surface area contributed by atoms with Crippen molar-refractivity contribution in [3.8, 4) is 5.75 Å². The highest BCUT2D eigenvalue weighted by atomic mass is 79.9. The van der Waals surface area contributed by atoms with Crippen molar-refractivity contribution in [1.82, 2.24) is 10.2 Å². The molecule has 0 saturated carbocycles. The van der Waals surface area contributed by atoms with E-state index in [2.05, 4.69) is 21.2 Å². The smallest absolute Gasteiger partial charge is 0.276 e. The highest BCUT2D eigenvalue weighted by Crippen LogP contribution is 2.28. The lowest BCUT2D eigenvalue weighted by molar-refractivity contribution is -0.122. The van der Waals surface area contributed by atoms with Crippen molar-refractivity contribution in [3.05, 3.63) is 69.6 Å². The van der Waals surface area contributed by atoms with Gasteiger partial charge >= 0.3 is 0 Å². The van der Waals surface area contributed by atoms with Crippen LogP contribution in [0.25, 0.3) is 6.08 Å². The van der Waals surface area contributed by atoms with E-state index in [1.807, 2.05) is 19.1 Å². The van der Waals surface area contributed by atoms with E-state index in [-0.39, 0.29) is 18.3 Å². The molecule has 0 spiro atoms. The van der Waals surface area contributed by atoms with Crippen LogP contribution in [0.1, 0.15) is 24.5 Å². The summed E-state index contributed by atoms with van der Waals surface area (Å²) < 4.78 is 19.7. The standard InChI is InChI=1S/C20H18BrFN2O2S/c1-2-8-24-19(25)17(23-20(24)27)11-13-6-7-18(16(21)10-13)26-12-14-4-3-5-15(22)9-14/h3-7,9-11H,2,8,12H2,1H3,(H,23,27)/b17-11-. The Bertz CT molecular complexity index is 917. The SMILES string of the molecule is CCCN1C(=O)/C(=C/c2ccc(OCc3cccc(F)c3)c(Br)c2)NC1=S. The van der Waals surface area contributed by atoms with E-state index in [0.29, 0.717) is 23.1 Å². The molecule has 140 valence electrons. The van der Waals surface area contributed by atoms with Crippen LogP contribution in [-0.4, -0.2) is 22.5 Å². The fourth-order valence-corrected chi connectivity index (χ4v) is 3.47. The summed E-state index contributed by atoms with van der Waals surface area (Å²) in [5, 5.41) is 3.39. The number of carbonyl (C=O) groups is 1. The second-order valence-electron chi connectivity index (χ2n) is 6.05. The molecule has 4 nitrogen and oxygen atoms in total. The zero-order valence-corrected chi connectivity index (χ0v) is 17.1. The minimum Gasteiger partial charge on any atom is -0.488 e. The van der Waals surface area contributed by atoms with E-state index in [0.717, 1.165) is 22.0 Å². The molecule has 3 rings (SSSR count). The number of ether oxygens (including phenoxy) is 1. The van der Waals surface area contributed by atoms with Crippen LogP contribution in [0.3, 0.4) is 0 Å². The number of nitrogens with one attached hydrogen (secondary N) is 1. The molecule has 1 aliphatic rings. The molecule has 2 aromatic rings. The van der Waals surface area contributed by atoms with Crippen molar-refractivity contribution >= 4 is 45.2 Å². The van der Waals surface area contributed by atoms with Crippen LogP contribution in [0.5, 0.6) is 5.75 Å². The van der Waals surface area contributed by atoms with E-state index < -0.39 is 0 Å². The quantitative estimate of drug-likeness (QED) is 0.516. The molecular weight excluding hydrogens is 431 g/mol. The van der Waals surface area contributed by atoms with Gasteiger partial charge in [-0.2, -0.15) is 0 Å². The van der Waals surface area contributed by atoms with Gasteiger partial charge in [0.25, 0.3) is 5.91 Å². The lowest BCUT2D eigenvalue weighted by Gasteiger charge is -2.11. The Morgan fingerprint density at radius 1 is 1.30 bits per heavy atom. The van der Waals surface area contributed by atoms with Gasteiger partial charge in [0.1, 0.15) is 23.9 Å². The topological polar surface area (TPSA) is 41.6 Å². The van der Waals surface area contributed by atoms with Crippen LogP contribution >= 0.6 is 28.1 Å². The molecule has 1 saturated heterocycles. The maximum absolute atomic E-state index is 13.2. The van der Waals surface area contributed by atoms with Gasteiger partial charge in [0.2, 0.25) is 0 Å². The summed E-state index contributed by atoms with van der Waals surface area (Å²) in [5.41, 5.74) is 2.03. The molecule has 0 unspecified atom stereocenters. The molecule has 1 amide bonds. The fraction of sp³-hybridized carbons (Fsp3) is 0.200. The summed E-state index contributed by atoms with van der Waals surface area (Å²) >= 11 is 8.69. The van der Waals surface area contributed by atoms with Gasteiger partial charge in [0.15, 0.2) is 5.11 Å². The number of hydrogen-bond acceptors (Lipinski definition) is 3. The lowest BCUT2D eigenvalue weighted by Crippen LogP contribution is -2.31. The molecule has 27 heavy (non-hydrogen) atoms. The van der Waals surface area contributed by atoms with E-state index in [1.165, 1.54) is 12.1 Å². The molecule has 7 heteroatoms. The largest absolute Gasteiger partial charge is 0.488 e. The van der Waals surface area contributed by atoms with Crippen LogP contribution in [-0.2, 0) is 11.4 Å². The Hall–Kier alpha value is -2.25. The summed E-state index contributed by atoms with van der Waals surface area (Å²) in [6.07, 6.45) is 2.59. The highest BCUT2D eigenvalue weighted by molar-refractivity contribution is 9.10. The van der Waals surface area contributed by atoms with Crippen molar-refractivity contribution < 1.29 is 13.9 Å². The zero-order chi connectivity index (χ0) is 19.4. The Kier molecular flexibility index (Phi) is 6.23. The first-order valence-corrected chi connectivity index (χ1v) is 9.69. The third kappa shape index (κ3) is 4.73. The van der Waals surface area contributed by atoms with Crippen molar-refractivity contribution in [1.29, 1.82) is 0 Å². The second kappa shape index (κ2) is 8.63. The minimum atomic E-state index is -0.291. The lowest BCUT2D eigenvalue weighted by atomic mass is 10.2. The first-order valence-electron chi connectivity index (χ1n) is 8.49. The highest BCUT2D eigenvalue weighted by Gasteiger charge is 2.29. The number of hydrogen-bond donors (Lipinski definition) is 1. The predicted molar refractivity (Wildman–Crippen MR) is 111 cm³/mol. The summed E-state index contributed by atoms with van der Waals surface area (Å²) in [5.74, 6) is 0.223. The van der Waals surface area contributed by atoms with Crippen LogP contribution in [0.4, 0.5) is 4.39 Å². The third-order valence-corrected chi connectivity index (χ3v) is 4.90. The number of nitrogens with zero attached hydrogens (tertiary/aromatic N) is 1. The van der Waals surface area contributed by atoms with Crippen LogP contribution in [0, 0.1) is 5.82 Å². The van der Waals surface area contributed by atoms with Gasteiger partial charge in [-0.3, -0.25) is 9.69 Å². The van der Waals surface area contributed by atoms with Crippen molar-refractivity contribution in [2.75, 3.05) is 6.54 Å². The minimum absolute atomic E-state index is 0.121. The number of rotatable bonds is 6. The normalized spacial score (nSPS) is 15.4. The van der Waals surface area contributed by atoms with Crippen LogP contribution in [0.2, 0.25) is 0 Å². The van der Waals surface area contributed by atoms with Crippen molar-refractivity contribution in [2.24, 2.45) is 0 Å². The molecule has 0 radical (unpaired) electrons. The molecule has 1 heterocycles. The summed E-state index contributed by atoms with van der Waals surface area (Å²) in [7, 11) is 0. The fourth-order valence-electron chi connectivity index (χ4n) is 2.68. The van der Waals surface area contributed by atoms with Gasteiger partial charge < -0.3 is 10.1 Å². The number of benzene rings is 2. The first-order chi connectivity index (χ1) is 13.0. The molecule has 2 aromatic carbocycles. The first kappa shape index (κ1) is 19.5. The van der Waals surface area contributed by atoms with E-state index >= 15 is 0 Å². The third-order valence-electron chi connectivity index (χ3n) is 3.96. The van der Waals surface area contributed by atoms with Gasteiger partial charge in [-0.1, -0.05) is 25.1 Å². The molecule has 0 bridgehead atoms. The molecule has 1 fully saturated rings. The Morgan fingerprint density at radius 2 is 2.11 bits per heavy atom. The number of thiocarbonyl (C=S) groups is 1. The molecule has 0 atom stereocenters. The monoisotopic (exact) mass is 448 g/mol.